The van der Waals surface area contributed by atoms with Crippen molar-refractivity contribution in [2.24, 2.45) is 0 Å². The Labute approximate surface area is 90.6 Å². The molecule has 9 heteroatoms. The fraction of sp³-hybridized carbons (Fsp3) is 0.375. The number of aliphatic hydroxyl groups is 1. The van der Waals surface area contributed by atoms with Crippen molar-refractivity contribution in [1.82, 2.24) is 4.98 Å². The predicted molar refractivity (Wildman–Crippen MR) is 41.8 cm³/mol. The lowest BCUT2D eigenvalue weighted by Crippen LogP contribution is -2.19. The van der Waals surface area contributed by atoms with Crippen LogP contribution in [-0.4, -0.2) is 16.5 Å². The zero-order chi connectivity index (χ0) is 13.2. The summed E-state index contributed by atoms with van der Waals surface area (Å²) < 4.78 is 76.4. The minimum atomic E-state index is -5.24. The van der Waals surface area contributed by atoms with Gasteiger partial charge >= 0.3 is 6.36 Å². The van der Waals surface area contributed by atoms with Crippen LogP contribution in [0.1, 0.15) is 17.6 Å². The Balaban J connectivity index is 3.23. The van der Waals surface area contributed by atoms with Crippen LogP contribution >= 0.6 is 0 Å². The first-order valence-corrected chi connectivity index (χ1v) is 4.08. The molecule has 1 aromatic heterocycles. The maximum atomic E-state index is 13.2. The zero-order valence-corrected chi connectivity index (χ0v) is 7.93. The molecular weight excluding hydrogens is 256 g/mol. The van der Waals surface area contributed by atoms with Gasteiger partial charge in [0, 0.05) is 11.8 Å². The van der Waals surface area contributed by atoms with Crippen LogP contribution in [0.2, 0.25) is 0 Å². The summed E-state index contributed by atoms with van der Waals surface area (Å²) in [5.41, 5.74) is -1.96. The van der Waals surface area contributed by atoms with Crippen molar-refractivity contribution >= 4 is 0 Å². The highest BCUT2D eigenvalue weighted by Gasteiger charge is 2.35. The number of hydrogen-bond acceptors (Lipinski definition) is 3. The molecule has 1 aromatic rings. The van der Waals surface area contributed by atoms with Gasteiger partial charge in [0.15, 0.2) is 5.82 Å². The largest absolute Gasteiger partial charge is 0.574 e. The fourth-order valence-corrected chi connectivity index (χ4v) is 1.06. The van der Waals surface area contributed by atoms with E-state index in [9.17, 15) is 26.3 Å². The lowest BCUT2D eigenvalue weighted by molar-refractivity contribution is -0.277. The fourth-order valence-electron chi connectivity index (χ4n) is 1.06. The monoisotopic (exact) mass is 261 g/mol. The molecule has 96 valence electrons. The number of aliphatic hydroxyl groups excluding tert-OH is 1. The SMILES string of the molecule is OCc1cnc(OC(F)(F)F)c(F)c1C(F)F. The van der Waals surface area contributed by atoms with E-state index >= 15 is 0 Å². The van der Waals surface area contributed by atoms with Gasteiger partial charge in [-0.1, -0.05) is 0 Å². The normalized spacial score (nSPS) is 12.0. The second-order valence-corrected chi connectivity index (χ2v) is 2.82. The maximum Gasteiger partial charge on any atom is 0.574 e. The van der Waals surface area contributed by atoms with E-state index in [-0.39, 0.29) is 0 Å². The van der Waals surface area contributed by atoms with Gasteiger partial charge in [0.05, 0.1) is 12.2 Å². The summed E-state index contributed by atoms with van der Waals surface area (Å²) in [5, 5.41) is 8.61. The first kappa shape index (κ1) is 13.6. The zero-order valence-electron chi connectivity index (χ0n) is 7.93. The summed E-state index contributed by atoms with van der Waals surface area (Å²) in [5.74, 6) is -3.55. The molecule has 1 heterocycles. The third kappa shape index (κ3) is 3.22. The van der Waals surface area contributed by atoms with Gasteiger partial charge in [-0.25, -0.2) is 18.2 Å². The molecule has 0 bridgehead atoms. The standard InChI is InChI=1S/C8H5F6NO2/c9-5-4(6(10)11)3(2-16)1-15-7(5)17-8(12,13)14/h1,6,16H,2H2. The molecule has 3 nitrogen and oxygen atoms in total. The van der Waals surface area contributed by atoms with Gasteiger partial charge in [0.2, 0.25) is 0 Å². The highest BCUT2D eigenvalue weighted by Crippen LogP contribution is 2.32. The van der Waals surface area contributed by atoms with Crippen molar-refractivity contribution in [3.05, 3.63) is 23.1 Å². The van der Waals surface area contributed by atoms with E-state index < -0.39 is 42.2 Å². The van der Waals surface area contributed by atoms with Crippen LogP contribution in [0, 0.1) is 5.82 Å². The van der Waals surface area contributed by atoms with Crippen molar-refractivity contribution in [3.63, 3.8) is 0 Å². The van der Waals surface area contributed by atoms with E-state index in [1.807, 2.05) is 0 Å². The van der Waals surface area contributed by atoms with Crippen LogP contribution in [0.25, 0.3) is 0 Å². The summed E-state index contributed by atoms with van der Waals surface area (Å²) in [7, 11) is 0. The van der Waals surface area contributed by atoms with Gasteiger partial charge in [0.25, 0.3) is 12.3 Å². The number of pyridine rings is 1. The van der Waals surface area contributed by atoms with E-state index in [1.165, 1.54) is 0 Å². The van der Waals surface area contributed by atoms with Crippen LogP contribution in [0.5, 0.6) is 5.88 Å². The number of halogens is 6. The Kier molecular flexibility index (Phi) is 3.81. The van der Waals surface area contributed by atoms with Crippen molar-refractivity contribution < 1.29 is 36.2 Å². The van der Waals surface area contributed by atoms with Crippen LogP contribution in [-0.2, 0) is 6.61 Å². The molecule has 0 aromatic carbocycles. The van der Waals surface area contributed by atoms with E-state index in [4.69, 9.17) is 5.11 Å². The first-order chi connectivity index (χ1) is 7.76. The lowest BCUT2D eigenvalue weighted by Gasteiger charge is -2.12. The molecule has 17 heavy (non-hydrogen) atoms. The number of alkyl halides is 5. The molecule has 0 aliphatic rings. The molecule has 0 aliphatic heterocycles. The Hall–Kier alpha value is -1.51. The quantitative estimate of drug-likeness (QED) is 0.850. The summed E-state index contributed by atoms with van der Waals surface area (Å²) in [6.45, 7) is -0.976. The minimum absolute atomic E-state index is 0.492. The molecule has 0 saturated carbocycles. The van der Waals surface area contributed by atoms with Crippen molar-refractivity contribution in [3.8, 4) is 5.88 Å². The molecular formula is C8H5F6NO2. The lowest BCUT2D eigenvalue weighted by atomic mass is 10.1. The molecule has 0 radical (unpaired) electrons. The van der Waals surface area contributed by atoms with Crippen LogP contribution in [0.15, 0.2) is 6.20 Å². The van der Waals surface area contributed by atoms with Gasteiger partial charge in [-0.2, -0.15) is 0 Å². The number of aromatic nitrogens is 1. The van der Waals surface area contributed by atoms with Crippen LogP contribution in [0.3, 0.4) is 0 Å². The number of nitrogens with zero attached hydrogens (tertiary/aromatic N) is 1. The Morgan fingerprint density at radius 3 is 2.35 bits per heavy atom. The molecule has 0 atom stereocenters. The minimum Gasteiger partial charge on any atom is -0.392 e. The van der Waals surface area contributed by atoms with Gasteiger partial charge in [0.1, 0.15) is 0 Å². The van der Waals surface area contributed by atoms with E-state index in [0.29, 0.717) is 6.20 Å². The Morgan fingerprint density at radius 2 is 1.94 bits per heavy atom. The van der Waals surface area contributed by atoms with Gasteiger partial charge in [-0.15, -0.1) is 13.2 Å². The molecule has 1 N–H and O–H groups in total. The number of ether oxygens (including phenoxy) is 1. The van der Waals surface area contributed by atoms with E-state index in [2.05, 4.69) is 9.72 Å². The van der Waals surface area contributed by atoms with Gasteiger partial charge in [-0.05, 0) is 0 Å². The van der Waals surface area contributed by atoms with Crippen LogP contribution < -0.4 is 4.74 Å². The highest BCUT2D eigenvalue weighted by molar-refractivity contribution is 5.32. The second kappa shape index (κ2) is 4.78. The number of rotatable bonds is 3. The molecule has 0 spiro atoms. The van der Waals surface area contributed by atoms with Gasteiger partial charge < -0.3 is 9.84 Å². The topological polar surface area (TPSA) is 42.4 Å². The third-order valence-electron chi connectivity index (χ3n) is 1.71. The predicted octanol–water partition coefficient (Wildman–Crippen LogP) is 2.55. The second-order valence-electron chi connectivity index (χ2n) is 2.82. The summed E-state index contributed by atoms with van der Waals surface area (Å²) in [4.78, 5) is 2.87. The summed E-state index contributed by atoms with van der Waals surface area (Å²) in [6.07, 6.45) is -8.14. The first-order valence-electron chi connectivity index (χ1n) is 4.08. The van der Waals surface area contributed by atoms with Gasteiger partial charge in [-0.3, -0.25) is 0 Å². The molecule has 0 aliphatic carbocycles. The number of hydrogen-bond donors (Lipinski definition) is 1. The van der Waals surface area contributed by atoms with E-state index in [1.54, 1.807) is 0 Å². The van der Waals surface area contributed by atoms with Crippen molar-refractivity contribution in [1.29, 1.82) is 0 Å². The Bertz CT molecular complexity index is 406. The van der Waals surface area contributed by atoms with Crippen molar-refractivity contribution in [2.75, 3.05) is 0 Å². The highest BCUT2D eigenvalue weighted by atomic mass is 19.4. The smallest absolute Gasteiger partial charge is 0.392 e. The van der Waals surface area contributed by atoms with Crippen molar-refractivity contribution in [2.45, 2.75) is 19.4 Å². The third-order valence-corrected chi connectivity index (χ3v) is 1.71. The summed E-state index contributed by atoms with van der Waals surface area (Å²) in [6, 6.07) is 0. The molecule has 0 unspecified atom stereocenters. The molecule has 1 rings (SSSR count). The van der Waals surface area contributed by atoms with E-state index in [0.717, 1.165) is 0 Å². The average molecular weight is 261 g/mol. The Morgan fingerprint density at radius 1 is 1.35 bits per heavy atom. The average Bonchev–Trinajstić information content (AvgIpc) is 2.18. The molecule has 0 amide bonds. The molecule has 0 saturated heterocycles. The molecule has 0 fully saturated rings. The van der Waals surface area contributed by atoms with Crippen LogP contribution in [0.4, 0.5) is 26.3 Å². The summed E-state index contributed by atoms with van der Waals surface area (Å²) >= 11 is 0. The maximum absolute atomic E-state index is 13.2.